The van der Waals surface area contributed by atoms with Crippen LogP contribution < -0.4 is 5.32 Å². The molecule has 3 atom stereocenters. The van der Waals surface area contributed by atoms with Gasteiger partial charge in [-0.15, -0.1) is 0 Å². The standard InChI is InChI=1S/C14H24BrNO/c1-2-3-10(4-5-15)9-16-14(17)13-7-11-6-12(11)8-13/h10-13H,2-9H2,1H3,(H,16,17). The van der Waals surface area contributed by atoms with Gasteiger partial charge in [0, 0.05) is 17.8 Å². The summed E-state index contributed by atoms with van der Waals surface area (Å²) in [6, 6.07) is 0. The quantitative estimate of drug-likeness (QED) is 0.718. The number of fused-ring (bicyclic) bond motifs is 1. The molecule has 2 fully saturated rings. The topological polar surface area (TPSA) is 29.1 Å². The molecule has 0 bridgehead atoms. The summed E-state index contributed by atoms with van der Waals surface area (Å²) in [4.78, 5) is 12.0. The Balaban J connectivity index is 1.66. The molecule has 3 heteroatoms. The largest absolute Gasteiger partial charge is 0.356 e. The van der Waals surface area contributed by atoms with Crippen molar-refractivity contribution in [2.45, 2.75) is 45.4 Å². The van der Waals surface area contributed by atoms with Crippen LogP contribution in [0, 0.1) is 23.7 Å². The van der Waals surface area contributed by atoms with Crippen LogP contribution in [0.2, 0.25) is 0 Å². The van der Waals surface area contributed by atoms with E-state index in [0.29, 0.717) is 17.7 Å². The third-order valence-corrected chi connectivity index (χ3v) is 4.85. The van der Waals surface area contributed by atoms with Crippen LogP contribution >= 0.6 is 15.9 Å². The molecule has 3 unspecified atom stereocenters. The van der Waals surface area contributed by atoms with Gasteiger partial charge in [0.15, 0.2) is 0 Å². The molecule has 2 saturated carbocycles. The van der Waals surface area contributed by atoms with Crippen LogP contribution in [0.4, 0.5) is 0 Å². The molecule has 0 aromatic rings. The minimum atomic E-state index is 0.327. The van der Waals surface area contributed by atoms with E-state index in [9.17, 15) is 4.79 Å². The average molecular weight is 302 g/mol. The molecule has 0 aliphatic heterocycles. The molecular formula is C14H24BrNO. The summed E-state index contributed by atoms with van der Waals surface area (Å²) < 4.78 is 0. The fourth-order valence-electron chi connectivity index (χ4n) is 3.23. The van der Waals surface area contributed by atoms with E-state index < -0.39 is 0 Å². The molecule has 2 rings (SSSR count). The Morgan fingerprint density at radius 2 is 2.00 bits per heavy atom. The van der Waals surface area contributed by atoms with E-state index in [1.54, 1.807) is 0 Å². The fourth-order valence-corrected chi connectivity index (χ4v) is 3.88. The van der Waals surface area contributed by atoms with E-state index >= 15 is 0 Å². The Labute approximate surface area is 113 Å². The number of amides is 1. The van der Waals surface area contributed by atoms with Crippen LogP contribution in [0.5, 0.6) is 0 Å². The molecule has 1 N–H and O–H groups in total. The highest BCUT2D eigenvalue weighted by Crippen LogP contribution is 2.54. The second-order valence-corrected chi connectivity index (χ2v) is 6.59. The van der Waals surface area contributed by atoms with Crippen molar-refractivity contribution in [2.75, 3.05) is 11.9 Å². The first-order valence-corrected chi connectivity index (χ1v) is 8.20. The van der Waals surface area contributed by atoms with Crippen LogP contribution in [-0.2, 0) is 4.79 Å². The zero-order valence-electron chi connectivity index (χ0n) is 10.8. The van der Waals surface area contributed by atoms with Crippen molar-refractivity contribution >= 4 is 21.8 Å². The number of carbonyl (C=O) groups is 1. The average Bonchev–Trinajstić information content (AvgIpc) is 2.93. The molecule has 1 amide bonds. The lowest BCUT2D eigenvalue weighted by atomic mass is 9.99. The van der Waals surface area contributed by atoms with Gasteiger partial charge in [-0.2, -0.15) is 0 Å². The van der Waals surface area contributed by atoms with Crippen molar-refractivity contribution in [1.82, 2.24) is 5.32 Å². The van der Waals surface area contributed by atoms with Crippen LogP contribution in [0.3, 0.4) is 0 Å². The lowest BCUT2D eigenvalue weighted by Gasteiger charge is -2.18. The molecule has 2 aliphatic rings. The molecule has 98 valence electrons. The van der Waals surface area contributed by atoms with E-state index in [1.807, 2.05) is 0 Å². The van der Waals surface area contributed by atoms with Crippen LogP contribution in [-0.4, -0.2) is 17.8 Å². The van der Waals surface area contributed by atoms with Gasteiger partial charge in [-0.3, -0.25) is 4.79 Å². The minimum Gasteiger partial charge on any atom is -0.356 e. The van der Waals surface area contributed by atoms with Gasteiger partial charge in [0.2, 0.25) is 5.91 Å². The Morgan fingerprint density at radius 1 is 1.29 bits per heavy atom. The van der Waals surface area contributed by atoms with Crippen LogP contribution in [0.1, 0.15) is 45.4 Å². The second-order valence-electron chi connectivity index (χ2n) is 5.80. The van der Waals surface area contributed by atoms with Gasteiger partial charge < -0.3 is 5.32 Å². The maximum Gasteiger partial charge on any atom is 0.223 e. The summed E-state index contributed by atoms with van der Waals surface area (Å²) in [5.41, 5.74) is 0. The molecule has 2 aliphatic carbocycles. The summed E-state index contributed by atoms with van der Waals surface area (Å²) in [7, 11) is 0. The Bertz CT molecular complexity index is 253. The molecule has 17 heavy (non-hydrogen) atoms. The maximum atomic E-state index is 12.0. The minimum absolute atomic E-state index is 0.327. The highest BCUT2D eigenvalue weighted by atomic mass is 79.9. The summed E-state index contributed by atoms with van der Waals surface area (Å²) in [6.45, 7) is 3.09. The number of hydrogen-bond donors (Lipinski definition) is 1. The predicted octanol–water partition coefficient (Wildman–Crippen LogP) is 3.35. The number of carbonyl (C=O) groups excluding carboxylic acids is 1. The first-order chi connectivity index (χ1) is 8.24. The summed E-state index contributed by atoms with van der Waals surface area (Å²) in [6.07, 6.45) is 7.32. The van der Waals surface area contributed by atoms with E-state index in [4.69, 9.17) is 0 Å². The monoisotopic (exact) mass is 301 g/mol. The third-order valence-electron chi connectivity index (χ3n) is 4.39. The lowest BCUT2D eigenvalue weighted by Crippen LogP contribution is -2.34. The SMILES string of the molecule is CCCC(CCBr)CNC(=O)C1CC2CC2C1. The van der Waals surface area contributed by atoms with Gasteiger partial charge in [-0.05, 0) is 49.9 Å². The van der Waals surface area contributed by atoms with Crippen molar-refractivity contribution in [3.05, 3.63) is 0 Å². The molecule has 0 aromatic carbocycles. The van der Waals surface area contributed by atoms with E-state index in [-0.39, 0.29) is 0 Å². The van der Waals surface area contributed by atoms with Gasteiger partial charge >= 0.3 is 0 Å². The number of halogens is 1. The van der Waals surface area contributed by atoms with Gasteiger partial charge in [0.05, 0.1) is 0 Å². The molecule has 0 saturated heterocycles. The second kappa shape index (κ2) is 6.21. The number of alkyl halides is 1. The zero-order valence-corrected chi connectivity index (χ0v) is 12.3. The molecule has 0 spiro atoms. The number of rotatable bonds is 7. The van der Waals surface area contributed by atoms with Gasteiger partial charge in [-0.1, -0.05) is 29.3 Å². The summed E-state index contributed by atoms with van der Waals surface area (Å²) >= 11 is 3.49. The number of nitrogens with one attached hydrogen (secondary N) is 1. The van der Waals surface area contributed by atoms with E-state index in [0.717, 1.165) is 36.6 Å². The zero-order chi connectivity index (χ0) is 12.3. The molecular weight excluding hydrogens is 278 g/mol. The molecule has 0 radical (unpaired) electrons. The smallest absolute Gasteiger partial charge is 0.223 e. The summed E-state index contributed by atoms with van der Waals surface area (Å²) in [5.74, 6) is 3.12. The molecule has 0 heterocycles. The van der Waals surface area contributed by atoms with Crippen molar-refractivity contribution < 1.29 is 4.79 Å². The van der Waals surface area contributed by atoms with E-state index in [1.165, 1.54) is 25.7 Å². The van der Waals surface area contributed by atoms with Gasteiger partial charge in [-0.25, -0.2) is 0 Å². The Hall–Kier alpha value is -0.0500. The Kier molecular flexibility index (Phi) is 4.89. The predicted molar refractivity (Wildman–Crippen MR) is 74.1 cm³/mol. The van der Waals surface area contributed by atoms with Crippen molar-refractivity contribution in [3.63, 3.8) is 0 Å². The van der Waals surface area contributed by atoms with Gasteiger partial charge in [0.1, 0.15) is 0 Å². The van der Waals surface area contributed by atoms with Gasteiger partial charge in [0.25, 0.3) is 0 Å². The number of hydrogen-bond acceptors (Lipinski definition) is 1. The first kappa shape index (κ1) is 13.4. The lowest BCUT2D eigenvalue weighted by molar-refractivity contribution is -0.125. The Morgan fingerprint density at radius 3 is 2.59 bits per heavy atom. The van der Waals surface area contributed by atoms with Crippen LogP contribution in [0.25, 0.3) is 0 Å². The van der Waals surface area contributed by atoms with Crippen molar-refractivity contribution in [3.8, 4) is 0 Å². The molecule has 2 nitrogen and oxygen atoms in total. The highest BCUT2D eigenvalue weighted by Gasteiger charge is 2.47. The van der Waals surface area contributed by atoms with Crippen LogP contribution in [0.15, 0.2) is 0 Å². The first-order valence-electron chi connectivity index (χ1n) is 7.08. The normalized spacial score (nSPS) is 32.0. The van der Waals surface area contributed by atoms with E-state index in [2.05, 4.69) is 28.2 Å². The summed E-state index contributed by atoms with van der Waals surface area (Å²) in [5, 5.41) is 4.22. The van der Waals surface area contributed by atoms with Crippen molar-refractivity contribution in [2.24, 2.45) is 23.7 Å². The molecule has 0 aromatic heterocycles. The third kappa shape index (κ3) is 3.70. The highest BCUT2D eigenvalue weighted by molar-refractivity contribution is 9.09. The fraction of sp³-hybridized carbons (Fsp3) is 0.929. The van der Waals surface area contributed by atoms with Crippen molar-refractivity contribution in [1.29, 1.82) is 0 Å². The maximum absolute atomic E-state index is 12.0.